The van der Waals surface area contributed by atoms with Gasteiger partial charge in [0.05, 0.1) is 4.92 Å². The minimum atomic E-state index is -0.391. The average Bonchev–Trinajstić information content (AvgIpc) is 2.96. The molecule has 3 rings (SSSR count). The van der Waals surface area contributed by atoms with Crippen LogP contribution >= 0.6 is 0 Å². The lowest BCUT2D eigenvalue weighted by Gasteiger charge is -2.00. The highest BCUT2D eigenvalue weighted by Gasteiger charge is 2.15. The third-order valence-corrected chi connectivity index (χ3v) is 3.44. The molecule has 0 amide bonds. The summed E-state index contributed by atoms with van der Waals surface area (Å²) in [6.07, 6.45) is 0. The first-order chi connectivity index (χ1) is 9.95. The van der Waals surface area contributed by atoms with Gasteiger partial charge in [0.1, 0.15) is 0 Å². The van der Waals surface area contributed by atoms with Gasteiger partial charge in [-0.2, -0.15) is 4.63 Å². The third kappa shape index (κ3) is 2.26. The van der Waals surface area contributed by atoms with Crippen molar-refractivity contribution in [3.8, 4) is 11.4 Å². The molecule has 3 aromatic rings. The molecular formula is C14H15N5O2. The first-order valence-electron chi connectivity index (χ1n) is 6.67. The van der Waals surface area contributed by atoms with Crippen LogP contribution in [0.15, 0.2) is 24.3 Å². The van der Waals surface area contributed by atoms with E-state index < -0.39 is 4.92 Å². The second kappa shape index (κ2) is 4.69. The molecule has 0 saturated carbocycles. The fourth-order valence-electron chi connectivity index (χ4n) is 2.16. The van der Waals surface area contributed by atoms with Crippen LogP contribution in [0.3, 0.4) is 0 Å². The lowest BCUT2D eigenvalue weighted by atomic mass is 10.1. The molecule has 108 valence electrons. The summed E-state index contributed by atoms with van der Waals surface area (Å²) in [5.74, 6) is 0.831. The van der Waals surface area contributed by atoms with Crippen LogP contribution in [0, 0.1) is 17.0 Å². The number of hydrogen-bond donors (Lipinski definition) is 1. The summed E-state index contributed by atoms with van der Waals surface area (Å²) in [5, 5.41) is 18.5. The standard InChI is InChI=1S/C14H15N5O2/c1-8(2)11-7-13-15-14(17-18(13)16-11)10-5-4-9(3)12(6-10)19(20)21/h4-8,16H,1-3H3. The number of aryl methyl sites for hydroxylation is 1. The molecule has 7 nitrogen and oxygen atoms in total. The lowest BCUT2D eigenvalue weighted by Crippen LogP contribution is -1.94. The van der Waals surface area contributed by atoms with Crippen molar-refractivity contribution in [3.63, 3.8) is 0 Å². The monoisotopic (exact) mass is 285 g/mol. The molecular weight excluding hydrogens is 270 g/mol. The summed E-state index contributed by atoms with van der Waals surface area (Å²) in [6.45, 7) is 5.87. The molecule has 2 heterocycles. The topological polar surface area (TPSA) is 89.1 Å². The molecule has 0 atom stereocenters. The van der Waals surface area contributed by atoms with Gasteiger partial charge in [0.2, 0.25) is 0 Å². The Labute approximate surface area is 120 Å². The Kier molecular flexibility index (Phi) is 2.97. The van der Waals surface area contributed by atoms with E-state index >= 15 is 0 Å². The summed E-state index contributed by atoms with van der Waals surface area (Å²) < 4.78 is 1.59. The predicted octanol–water partition coefficient (Wildman–Crippen LogP) is 3.06. The fraction of sp³-hybridized carbons (Fsp3) is 0.286. The van der Waals surface area contributed by atoms with Gasteiger partial charge < -0.3 is 0 Å². The molecule has 7 heteroatoms. The van der Waals surface area contributed by atoms with Gasteiger partial charge in [-0.25, -0.2) is 4.98 Å². The molecule has 1 aromatic carbocycles. The van der Waals surface area contributed by atoms with Crippen molar-refractivity contribution in [2.75, 3.05) is 0 Å². The van der Waals surface area contributed by atoms with Crippen LogP contribution in [0.5, 0.6) is 0 Å². The normalized spacial score (nSPS) is 11.4. The van der Waals surface area contributed by atoms with E-state index in [0.717, 1.165) is 5.69 Å². The van der Waals surface area contributed by atoms with Crippen LogP contribution in [0.4, 0.5) is 5.69 Å². The van der Waals surface area contributed by atoms with Crippen LogP contribution in [0.1, 0.15) is 31.0 Å². The van der Waals surface area contributed by atoms with E-state index in [1.165, 1.54) is 6.07 Å². The number of aromatic amines is 1. The number of aromatic nitrogens is 4. The molecule has 0 fully saturated rings. The number of nitro benzene ring substituents is 1. The lowest BCUT2D eigenvalue weighted by molar-refractivity contribution is -0.385. The molecule has 0 saturated heterocycles. The number of nitrogens with one attached hydrogen (secondary N) is 1. The van der Waals surface area contributed by atoms with Gasteiger partial charge in [0.25, 0.3) is 5.69 Å². The highest BCUT2D eigenvalue weighted by atomic mass is 16.6. The largest absolute Gasteiger partial charge is 0.280 e. The van der Waals surface area contributed by atoms with Gasteiger partial charge in [-0.1, -0.05) is 26.0 Å². The zero-order valence-corrected chi connectivity index (χ0v) is 12.0. The highest BCUT2D eigenvalue weighted by molar-refractivity contribution is 5.63. The van der Waals surface area contributed by atoms with Crippen molar-refractivity contribution in [1.29, 1.82) is 0 Å². The molecule has 0 bridgehead atoms. The molecule has 0 spiro atoms. The van der Waals surface area contributed by atoms with E-state index in [2.05, 4.69) is 29.0 Å². The SMILES string of the molecule is Cc1ccc(-c2nc3cc(C(C)C)[nH]n3n2)cc1[N+](=O)[O-]. The summed E-state index contributed by atoms with van der Waals surface area (Å²) in [4.78, 5) is 15.0. The smallest absolute Gasteiger partial charge is 0.273 e. The molecule has 0 aliphatic rings. The van der Waals surface area contributed by atoms with E-state index in [-0.39, 0.29) is 5.69 Å². The maximum Gasteiger partial charge on any atom is 0.273 e. The zero-order valence-electron chi connectivity index (χ0n) is 12.0. The van der Waals surface area contributed by atoms with Gasteiger partial charge in [0.15, 0.2) is 11.5 Å². The Bertz CT molecular complexity index is 800. The van der Waals surface area contributed by atoms with Crippen LogP contribution in [0.25, 0.3) is 17.0 Å². The van der Waals surface area contributed by atoms with E-state index in [1.54, 1.807) is 23.7 Å². The molecule has 0 unspecified atom stereocenters. The second-order valence-corrected chi connectivity index (χ2v) is 5.33. The first-order valence-corrected chi connectivity index (χ1v) is 6.67. The molecule has 0 radical (unpaired) electrons. The summed E-state index contributed by atoms with van der Waals surface area (Å²) in [6, 6.07) is 6.94. The second-order valence-electron chi connectivity index (χ2n) is 5.33. The predicted molar refractivity (Wildman–Crippen MR) is 78.3 cm³/mol. The molecule has 2 aromatic heterocycles. The molecule has 0 aliphatic heterocycles. The van der Waals surface area contributed by atoms with Crippen molar-refractivity contribution >= 4 is 11.3 Å². The maximum atomic E-state index is 11.0. The fourth-order valence-corrected chi connectivity index (χ4v) is 2.16. The third-order valence-electron chi connectivity index (χ3n) is 3.44. The van der Waals surface area contributed by atoms with Crippen LogP contribution in [0.2, 0.25) is 0 Å². The Balaban J connectivity index is 2.06. The minimum Gasteiger partial charge on any atom is -0.280 e. The van der Waals surface area contributed by atoms with Crippen molar-refractivity contribution in [2.24, 2.45) is 0 Å². The number of fused-ring (bicyclic) bond motifs is 1. The molecule has 21 heavy (non-hydrogen) atoms. The zero-order chi connectivity index (χ0) is 15.1. The van der Waals surface area contributed by atoms with Gasteiger partial charge in [-0.05, 0) is 12.8 Å². The van der Waals surface area contributed by atoms with E-state index in [4.69, 9.17) is 0 Å². The molecule has 0 aliphatic carbocycles. The van der Waals surface area contributed by atoms with Crippen LogP contribution in [-0.2, 0) is 0 Å². The number of nitro groups is 1. The Morgan fingerprint density at radius 2 is 2.10 bits per heavy atom. The average molecular weight is 285 g/mol. The van der Waals surface area contributed by atoms with Gasteiger partial charge in [-0.3, -0.25) is 15.2 Å². The number of H-pyrrole nitrogens is 1. The summed E-state index contributed by atoms with van der Waals surface area (Å²) in [5.41, 5.74) is 3.09. The van der Waals surface area contributed by atoms with E-state index in [9.17, 15) is 10.1 Å². The number of nitrogens with zero attached hydrogens (tertiary/aromatic N) is 4. The Morgan fingerprint density at radius 3 is 2.71 bits per heavy atom. The number of rotatable bonds is 3. The van der Waals surface area contributed by atoms with Gasteiger partial charge in [-0.15, -0.1) is 5.10 Å². The van der Waals surface area contributed by atoms with Gasteiger partial charge in [0, 0.05) is 29.0 Å². The number of hydrogen-bond acceptors (Lipinski definition) is 4. The van der Waals surface area contributed by atoms with Crippen molar-refractivity contribution in [3.05, 3.63) is 45.6 Å². The minimum absolute atomic E-state index is 0.0776. The van der Waals surface area contributed by atoms with Crippen LogP contribution < -0.4 is 0 Å². The van der Waals surface area contributed by atoms with Gasteiger partial charge >= 0.3 is 0 Å². The highest BCUT2D eigenvalue weighted by Crippen LogP contribution is 2.25. The van der Waals surface area contributed by atoms with Crippen molar-refractivity contribution in [2.45, 2.75) is 26.7 Å². The van der Waals surface area contributed by atoms with E-state index in [1.807, 2.05) is 6.07 Å². The first kappa shape index (κ1) is 13.3. The Hall–Kier alpha value is -2.70. The van der Waals surface area contributed by atoms with Crippen LogP contribution in [-0.4, -0.2) is 24.7 Å². The summed E-state index contributed by atoms with van der Waals surface area (Å²) >= 11 is 0. The maximum absolute atomic E-state index is 11.0. The quantitative estimate of drug-likeness (QED) is 0.591. The van der Waals surface area contributed by atoms with Crippen molar-refractivity contribution < 1.29 is 4.92 Å². The van der Waals surface area contributed by atoms with E-state index in [0.29, 0.717) is 28.5 Å². The Morgan fingerprint density at radius 1 is 1.33 bits per heavy atom. The number of benzene rings is 1. The molecule has 1 N–H and O–H groups in total. The van der Waals surface area contributed by atoms with Crippen molar-refractivity contribution in [1.82, 2.24) is 19.8 Å². The summed E-state index contributed by atoms with van der Waals surface area (Å²) in [7, 11) is 0.